The third kappa shape index (κ3) is 9.15. The Bertz CT molecular complexity index is 629. The Balaban J connectivity index is 5.28. The summed E-state index contributed by atoms with van der Waals surface area (Å²) in [6.45, 7) is 1.81. The molecule has 4 amide bonds. The van der Waals surface area contributed by atoms with Crippen molar-refractivity contribution in [3.8, 4) is 0 Å². The lowest BCUT2D eigenvalue weighted by Gasteiger charge is -2.25. The number of aliphatic hydroxyl groups is 2. The molecule has 10 N–H and O–H groups in total. The summed E-state index contributed by atoms with van der Waals surface area (Å²) in [5.74, 6) is -5.18. The molecule has 0 aromatic heterocycles. The summed E-state index contributed by atoms with van der Waals surface area (Å²) in [7, 11) is 0. The van der Waals surface area contributed by atoms with Gasteiger partial charge in [-0.05, 0) is 12.3 Å². The molecular weight excluding hydrogens is 402 g/mol. The Morgan fingerprint density at radius 1 is 0.900 bits per heavy atom. The minimum Gasteiger partial charge on any atom is -0.480 e. The highest BCUT2D eigenvalue weighted by atomic mass is 16.4. The first-order valence-electron chi connectivity index (χ1n) is 9.37. The number of hydrogen-bond donors (Lipinski definition) is 8. The second-order valence-electron chi connectivity index (χ2n) is 6.81. The average molecular weight is 433 g/mol. The summed E-state index contributed by atoms with van der Waals surface area (Å²) in [6.07, 6.45) is -0.0486. The van der Waals surface area contributed by atoms with Crippen LogP contribution >= 0.6 is 0 Å². The van der Waals surface area contributed by atoms with Crippen molar-refractivity contribution in [2.24, 2.45) is 17.4 Å². The summed E-state index contributed by atoms with van der Waals surface area (Å²) in [5, 5.41) is 34.3. The van der Waals surface area contributed by atoms with E-state index in [4.69, 9.17) is 16.6 Å². The van der Waals surface area contributed by atoms with Crippen LogP contribution in [-0.2, 0) is 24.0 Å². The van der Waals surface area contributed by atoms with Gasteiger partial charge in [0.2, 0.25) is 23.6 Å². The normalized spacial score (nSPS) is 15.8. The number of carboxylic acid groups (broad SMARTS) is 1. The van der Waals surface area contributed by atoms with Crippen molar-refractivity contribution in [3.05, 3.63) is 0 Å². The third-order valence-corrected chi connectivity index (χ3v) is 4.44. The zero-order valence-corrected chi connectivity index (χ0v) is 17.0. The predicted molar refractivity (Wildman–Crippen MR) is 103 cm³/mol. The van der Waals surface area contributed by atoms with E-state index in [2.05, 4.69) is 16.0 Å². The smallest absolute Gasteiger partial charge is 0.326 e. The number of amides is 4. The van der Waals surface area contributed by atoms with Crippen LogP contribution in [-0.4, -0.2) is 82.3 Å². The standard InChI is InChI=1S/C17H31N5O8/c1-3-8(2)13(17(29)30)22-16(28)11(7-24)21-15(27)10(4-5-12(19)25)20-14(26)9(18)6-23/h8-11,13,23-24H,3-7,18H2,1-2H3,(H2,19,25)(H,20,26)(H,21,27)(H,22,28)(H,29,30). The van der Waals surface area contributed by atoms with Crippen LogP contribution in [0.15, 0.2) is 0 Å². The number of carbonyl (C=O) groups is 5. The molecular formula is C17H31N5O8. The topological polar surface area (TPSA) is 234 Å². The Labute approximate surface area is 173 Å². The summed E-state index contributed by atoms with van der Waals surface area (Å²) < 4.78 is 0. The monoisotopic (exact) mass is 433 g/mol. The maximum absolute atomic E-state index is 12.5. The maximum atomic E-state index is 12.5. The van der Waals surface area contributed by atoms with E-state index in [1.807, 2.05) is 0 Å². The fourth-order valence-corrected chi connectivity index (χ4v) is 2.32. The Morgan fingerprint density at radius 2 is 1.43 bits per heavy atom. The molecule has 0 radical (unpaired) electrons. The van der Waals surface area contributed by atoms with Crippen molar-refractivity contribution in [2.75, 3.05) is 13.2 Å². The molecule has 0 aliphatic rings. The molecule has 5 atom stereocenters. The fourth-order valence-electron chi connectivity index (χ4n) is 2.32. The molecule has 0 rings (SSSR count). The highest BCUT2D eigenvalue weighted by Gasteiger charge is 2.31. The van der Waals surface area contributed by atoms with Crippen LogP contribution in [0, 0.1) is 5.92 Å². The molecule has 0 heterocycles. The van der Waals surface area contributed by atoms with Crippen LogP contribution < -0.4 is 27.4 Å². The van der Waals surface area contributed by atoms with Crippen LogP contribution in [0.3, 0.4) is 0 Å². The van der Waals surface area contributed by atoms with Crippen molar-refractivity contribution in [1.29, 1.82) is 0 Å². The SMILES string of the molecule is CCC(C)C(NC(=O)C(CO)NC(=O)C(CCC(N)=O)NC(=O)C(N)CO)C(=O)O. The minimum atomic E-state index is -1.51. The highest BCUT2D eigenvalue weighted by molar-refractivity contribution is 5.94. The molecule has 0 bridgehead atoms. The Hall–Kier alpha value is -2.77. The maximum Gasteiger partial charge on any atom is 0.326 e. The molecule has 0 saturated carbocycles. The van der Waals surface area contributed by atoms with Crippen LogP contribution in [0.25, 0.3) is 0 Å². The lowest BCUT2D eigenvalue weighted by atomic mass is 9.99. The first-order valence-corrected chi connectivity index (χ1v) is 9.37. The van der Waals surface area contributed by atoms with E-state index < -0.39 is 72.9 Å². The van der Waals surface area contributed by atoms with Gasteiger partial charge in [0, 0.05) is 6.42 Å². The second-order valence-corrected chi connectivity index (χ2v) is 6.81. The molecule has 0 aliphatic carbocycles. The number of aliphatic hydroxyl groups excluding tert-OH is 2. The number of rotatable bonds is 14. The largest absolute Gasteiger partial charge is 0.480 e. The molecule has 0 saturated heterocycles. The van der Waals surface area contributed by atoms with Gasteiger partial charge in [-0.25, -0.2) is 4.79 Å². The fraction of sp³-hybridized carbons (Fsp3) is 0.706. The van der Waals surface area contributed by atoms with Crippen LogP contribution in [0.1, 0.15) is 33.1 Å². The number of hydrogen-bond acceptors (Lipinski definition) is 8. The van der Waals surface area contributed by atoms with Crippen molar-refractivity contribution >= 4 is 29.6 Å². The molecule has 13 nitrogen and oxygen atoms in total. The lowest BCUT2D eigenvalue weighted by molar-refractivity contribution is -0.144. The Kier molecular flexibility index (Phi) is 12.2. The van der Waals surface area contributed by atoms with E-state index in [0.29, 0.717) is 6.42 Å². The molecule has 30 heavy (non-hydrogen) atoms. The molecule has 0 spiro atoms. The van der Waals surface area contributed by atoms with Gasteiger partial charge < -0.3 is 42.7 Å². The lowest BCUT2D eigenvalue weighted by Crippen LogP contribution is -2.59. The zero-order chi connectivity index (χ0) is 23.4. The molecule has 0 aromatic rings. The van der Waals surface area contributed by atoms with E-state index >= 15 is 0 Å². The van der Waals surface area contributed by atoms with Crippen LogP contribution in [0.5, 0.6) is 0 Å². The first-order chi connectivity index (χ1) is 14.0. The van der Waals surface area contributed by atoms with Gasteiger partial charge in [-0.15, -0.1) is 0 Å². The molecule has 0 aliphatic heterocycles. The van der Waals surface area contributed by atoms with E-state index in [1.54, 1.807) is 13.8 Å². The molecule has 5 unspecified atom stereocenters. The van der Waals surface area contributed by atoms with Gasteiger partial charge in [0.05, 0.1) is 13.2 Å². The van der Waals surface area contributed by atoms with Gasteiger partial charge in [0.1, 0.15) is 24.2 Å². The molecule has 172 valence electrons. The van der Waals surface area contributed by atoms with E-state index in [1.165, 1.54) is 0 Å². The van der Waals surface area contributed by atoms with Crippen LogP contribution in [0.2, 0.25) is 0 Å². The minimum absolute atomic E-state index is 0.227. The predicted octanol–water partition coefficient (Wildman–Crippen LogP) is -3.85. The van der Waals surface area contributed by atoms with Gasteiger partial charge in [0.25, 0.3) is 0 Å². The third-order valence-electron chi connectivity index (χ3n) is 4.44. The van der Waals surface area contributed by atoms with Gasteiger partial charge >= 0.3 is 5.97 Å². The molecule has 0 fully saturated rings. The number of aliphatic carboxylic acids is 1. The quantitative estimate of drug-likeness (QED) is 0.134. The number of nitrogens with one attached hydrogen (secondary N) is 3. The van der Waals surface area contributed by atoms with E-state index in [-0.39, 0.29) is 12.8 Å². The molecule has 13 heteroatoms. The van der Waals surface area contributed by atoms with Crippen molar-refractivity contribution in [1.82, 2.24) is 16.0 Å². The summed E-state index contributed by atoms with van der Waals surface area (Å²) in [5.41, 5.74) is 10.4. The zero-order valence-electron chi connectivity index (χ0n) is 17.0. The highest BCUT2D eigenvalue weighted by Crippen LogP contribution is 2.08. The van der Waals surface area contributed by atoms with Crippen LogP contribution in [0.4, 0.5) is 0 Å². The summed E-state index contributed by atoms with van der Waals surface area (Å²) >= 11 is 0. The number of carbonyl (C=O) groups excluding carboxylic acids is 4. The Morgan fingerprint density at radius 3 is 1.87 bits per heavy atom. The number of carboxylic acids is 1. The number of nitrogens with two attached hydrogens (primary N) is 2. The summed E-state index contributed by atoms with van der Waals surface area (Å²) in [4.78, 5) is 59.1. The van der Waals surface area contributed by atoms with E-state index in [9.17, 15) is 34.2 Å². The second kappa shape index (κ2) is 13.5. The van der Waals surface area contributed by atoms with Crippen molar-refractivity contribution in [2.45, 2.75) is 57.3 Å². The first kappa shape index (κ1) is 27.2. The average Bonchev–Trinajstić information content (AvgIpc) is 2.70. The van der Waals surface area contributed by atoms with Gasteiger partial charge in [-0.2, -0.15) is 0 Å². The van der Waals surface area contributed by atoms with Gasteiger partial charge in [0.15, 0.2) is 0 Å². The van der Waals surface area contributed by atoms with Gasteiger partial charge in [-0.3, -0.25) is 19.2 Å². The van der Waals surface area contributed by atoms with Crippen molar-refractivity contribution < 1.29 is 39.3 Å². The number of primary amides is 1. The van der Waals surface area contributed by atoms with Gasteiger partial charge in [-0.1, -0.05) is 20.3 Å². The van der Waals surface area contributed by atoms with E-state index in [0.717, 1.165) is 0 Å². The van der Waals surface area contributed by atoms with Crippen molar-refractivity contribution in [3.63, 3.8) is 0 Å². The molecule has 0 aromatic carbocycles. The summed E-state index contributed by atoms with van der Waals surface area (Å²) in [6, 6.07) is -5.41.